The Morgan fingerprint density at radius 2 is 0.500 bits per heavy atom. The van der Waals surface area contributed by atoms with Crippen LogP contribution in [0.5, 0.6) is 0 Å². The zero-order valence-corrected chi connectivity index (χ0v) is 31.2. The summed E-state index contributed by atoms with van der Waals surface area (Å²) >= 11 is 0. The molecule has 58 heavy (non-hydrogen) atoms. The number of rotatable bonds is 4. The number of hydrogen-bond acceptors (Lipinski definition) is 2. The fraction of sp³-hybridized carbons (Fsp3) is 0. The lowest BCUT2D eigenvalue weighted by Gasteiger charge is -2.25. The summed E-state index contributed by atoms with van der Waals surface area (Å²) in [7, 11) is 0. The molecule has 0 unspecified atom stereocenters. The molecule has 6 aromatic heterocycles. The molecule has 0 bridgehead atoms. The van der Waals surface area contributed by atoms with Crippen molar-refractivity contribution in [3.63, 3.8) is 0 Å². The largest absolute Gasteiger partial charge is 0.307 e. The SMILES string of the molecule is c1ccc2c(c1)c1ccccc1n2-c1ccc(-n2c3ccncc3c3cnccc32)c(-n2c3ccccc3c3ccccc32)c1-n1c2ccccc2c2ccccc21. The van der Waals surface area contributed by atoms with E-state index in [0.29, 0.717) is 0 Å². The first-order chi connectivity index (χ1) is 28.8. The van der Waals surface area contributed by atoms with Crippen molar-refractivity contribution in [1.29, 1.82) is 0 Å². The van der Waals surface area contributed by atoms with E-state index >= 15 is 0 Å². The molecule has 0 amide bonds. The number of benzene rings is 7. The molecule has 0 atom stereocenters. The highest BCUT2D eigenvalue weighted by Crippen LogP contribution is 2.46. The number of pyridine rings is 2. The molecule has 0 fully saturated rings. The molecule has 6 heteroatoms. The van der Waals surface area contributed by atoms with E-state index in [2.05, 4.69) is 198 Å². The van der Waals surface area contributed by atoms with Crippen LogP contribution in [0.3, 0.4) is 0 Å². The van der Waals surface area contributed by atoms with Crippen molar-refractivity contribution in [2.75, 3.05) is 0 Å². The molecule has 0 radical (unpaired) electrons. The highest BCUT2D eigenvalue weighted by molar-refractivity contribution is 6.15. The maximum atomic E-state index is 4.60. The van der Waals surface area contributed by atoms with Crippen LogP contribution in [0.25, 0.3) is 110 Å². The van der Waals surface area contributed by atoms with Crippen molar-refractivity contribution in [3.8, 4) is 22.7 Å². The molecule has 6 nitrogen and oxygen atoms in total. The Bertz CT molecular complexity index is 3350. The van der Waals surface area contributed by atoms with Crippen LogP contribution < -0.4 is 0 Å². The third-order valence-electron chi connectivity index (χ3n) is 12.1. The van der Waals surface area contributed by atoms with Crippen LogP contribution in [0.1, 0.15) is 0 Å². The third kappa shape index (κ3) is 4.10. The predicted molar refractivity (Wildman–Crippen MR) is 239 cm³/mol. The van der Waals surface area contributed by atoms with Crippen LogP contribution in [-0.4, -0.2) is 28.2 Å². The van der Waals surface area contributed by atoms with Gasteiger partial charge in [-0.1, -0.05) is 109 Å². The molecule has 0 spiro atoms. The molecule has 0 N–H and O–H groups in total. The summed E-state index contributed by atoms with van der Waals surface area (Å²) in [4.78, 5) is 9.21. The van der Waals surface area contributed by atoms with Gasteiger partial charge in [0, 0.05) is 67.9 Å². The van der Waals surface area contributed by atoms with Crippen molar-refractivity contribution in [1.82, 2.24) is 28.2 Å². The molecule has 0 aliphatic heterocycles. The molecular weight excluding hydrogens is 709 g/mol. The van der Waals surface area contributed by atoms with E-state index in [9.17, 15) is 0 Å². The van der Waals surface area contributed by atoms with Crippen molar-refractivity contribution in [3.05, 3.63) is 195 Å². The molecule has 13 aromatic rings. The first kappa shape index (κ1) is 31.3. The minimum atomic E-state index is 1.05. The second-order valence-electron chi connectivity index (χ2n) is 15.0. The normalized spacial score (nSPS) is 12.1. The summed E-state index contributed by atoms with van der Waals surface area (Å²) in [6.07, 6.45) is 7.73. The number of nitrogens with zero attached hydrogens (tertiary/aromatic N) is 6. The number of fused-ring (bicyclic) bond motifs is 12. The van der Waals surface area contributed by atoms with Gasteiger partial charge >= 0.3 is 0 Å². The van der Waals surface area contributed by atoms with E-state index in [-0.39, 0.29) is 0 Å². The Kier molecular flexibility index (Phi) is 6.35. The van der Waals surface area contributed by atoms with Crippen LogP contribution in [0.4, 0.5) is 0 Å². The maximum Gasteiger partial charge on any atom is 0.0968 e. The summed E-state index contributed by atoms with van der Waals surface area (Å²) in [5.41, 5.74) is 13.3. The molecule has 0 aliphatic rings. The monoisotopic (exact) mass is 740 g/mol. The quantitative estimate of drug-likeness (QED) is 0.180. The molecule has 270 valence electrons. The van der Waals surface area contributed by atoms with Gasteiger partial charge in [0.2, 0.25) is 0 Å². The first-order valence-corrected chi connectivity index (χ1v) is 19.7. The average molecular weight is 741 g/mol. The van der Waals surface area contributed by atoms with Gasteiger partial charge in [-0.15, -0.1) is 0 Å². The van der Waals surface area contributed by atoms with Crippen molar-refractivity contribution in [2.24, 2.45) is 0 Å². The third-order valence-corrected chi connectivity index (χ3v) is 12.1. The Morgan fingerprint density at radius 3 is 0.810 bits per heavy atom. The standard InChI is InChI=1S/C52H32N6/c1-7-19-41-33(13-1)34-14-2-8-20-42(34)55(41)49-25-26-50(56-47-27-29-53-31-39(47)40-32-54-30-28-48(40)56)52(58-45-23-11-5-17-37(45)38-18-6-12-24-46(38)58)51(49)57-43-21-9-3-15-35(43)36-16-4-10-22-44(36)57/h1-32H. The lowest BCUT2D eigenvalue weighted by molar-refractivity contribution is 1.02. The van der Waals surface area contributed by atoms with Crippen LogP contribution in [-0.2, 0) is 0 Å². The van der Waals surface area contributed by atoms with E-state index < -0.39 is 0 Å². The molecule has 13 rings (SSSR count). The Balaban J connectivity index is 1.35. The number of aromatic nitrogens is 6. The summed E-state index contributed by atoms with van der Waals surface area (Å²) < 4.78 is 9.92. The summed E-state index contributed by atoms with van der Waals surface area (Å²) in [5, 5.41) is 9.38. The Labute approximate surface area is 331 Å². The van der Waals surface area contributed by atoms with Crippen LogP contribution in [0.15, 0.2) is 195 Å². The van der Waals surface area contributed by atoms with Gasteiger partial charge in [0.15, 0.2) is 0 Å². The van der Waals surface area contributed by atoms with E-state index in [4.69, 9.17) is 0 Å². The minimum absolute atomic E-state index is 1.05. The van der Waals surface area contributed by atoms with E-state index in [1.165, 1.54) is 32.3 Å². The van der Waals surface area contributed by atoms with E-state index in [1.54, 1.807) is 0 Å². The van der Waals surface area contributed by atoms with Gasteiger partial charge < -0.3 is 18.3 Å². The van der Waals surface area contributed by atoms with E-state index in [0.717, 1.165) is 77.7 Å². The van der Waals surface area contributed by atoms with Gasteiger partial charge in [-0.3, -0.25) is 9.97 Å². The Hall–Kier alpha value is -7.96. The zero-order valence-electron chi connectivity index (χ0n) is 31.2. The predicted octanol–water partition coefficient (Wildman–Crippen LogP) is 12.9. The second kappa shape index (κ2) is 11.8. The van der Waals surface area contributed by atoms with E-state index in [1.807, 2.05) is 24.8 Å². The van der Waals surface area contributed by atoms with Gasteiger partial charge in [-0.05, 0) is 60.7 Å². The van der Waals surface area contributed by atoms with Gasteiger partial charge in [0.05, 0.1) is 66.9 Å². The fourth-order valence-electron chi connectivity index (χ4n) is 9.84. The lowest BCUT2D eigenvalue weighted by Crippen LogP contribution is -2.13. The molecule has 0 saturated heterocycles. The summed E-state index contributed by atoms with van der Waals surface area (Å²) in [6.45, 7) is 0. The van der Waals surface area contributed by atoms with Crippen molar-refractivity contribution >= 4 is 87.2 Å². The van der Waals surface area contributed by atoms with Crippen molar-refractivity contribution in [2.45, 2.75) is 0 Å². The fourth-order valence-corrected chi connectivity index (χ4v) is 9.84. The highest BCUT2D eigenvalue weighted by Gasteiger charge is 2.28. The first-order valence-electron chi connectivity index (χ1n) is 19.7. The number of hydrogen-bond donors (Lipinski definition) is 0. The topological polar surface area (TPSA) is 45.5 Å². The molecule has 0 saturated carbocycles. The highest BCUT2D eigenvalue weighted by atomic mass is 15.1. The van der Waals surface area contributed by atoms with Crippen LogP contribution >= 0.6 is 0 Å². The molecular formula is C52H32N6. The lowest BCUT2D eigenvalue weighted by atomic mass is 10.1. The molecule has 7 aromatic carbocycles. The van der Waals surface area contributed by atoms with Crippen LogP contribution in [0.2, 0.25) is 0 Å². The maximum absolute atomic E-state index is 4.60. The zero-order chi connectivity index (χ0) is 37.9. The second-order valence-corrected chi connectivity index (χ2v) is 15.0. The number of para-hydroxylation sites is 6. The summed E-state index contributed by atoms with van der Waals surface area (Å²) in [5.74, 6) is 0. The van der Waals surface area contributed by atoms with Crippen LogP contribution in [0, 0.1) is 0 Å². The van der Waals surface area contributed by atoms with Gasteiger partial charge in [-0.2, -0.15) is 0 Å². The molecule has 0 aliphatic carbocycles. The minimum Gasteiger partial charge on any atom is -0.307 e. The smallest absolute Gasteiger partial charge is 0.0968 e. The van der Waals surface area contributed by atoms with Gasteiger partial charge in [0.25, 0.3) is 0 Å². The van der Waals surface area contributed by atoms with Crippen molar-refractivity contribution < 1.29 is 0 Å². The van der Waals surface area contributed by atoms with Gasteiger partial charge in [0.1, 0.15) is 0 Å². The van der Waals surface area contributed by atoms with Gasteiger partial charge in [-0.25, -0.2) is 0 Å². The summed E-state index contributed by atoms with van der Waals surface area (Å²) in [6, 6.07) is 61.9. The Morgan fingerprint density at radius 1 is 0.241 bits per heavy atom. The molecule has 6 heterocycles. The average Bonchev–Trinajstić information content (AvgIpc) is 4.01.